The Labute approximate surface area is 96.1 Å². The van der Waals surface area contributed by atoms with Crippen molar-refractivity contribution < 1.29 is 10.2 Å². The maximum Gasteiger partial charge on any atom is 0.0897 e. The summed E-state index contributed by atoms with van der Waals surface area (Å²) in [5.41, 5.74) is 0. The smallest absolute Gasteiger partial charge is 0.0897 e. The second-order valence-corrected chi connectivity index (χ2v) is 5.79. The van der Waals surface area contributed by atoms with Gasteiger partial charge in [-0.3, -0.25) is 4.90 Å². The molecule has 0 aliphatic heterocycles. The Bertz CT molecular complexity index is 280. The zero-order chi connectivity index (χ0) is 10.6. The van der Waals surface area contributed by atoms with Crippen molar-refractivity contribution in [2.45, 2.75) is 12.6 Å². The van der Waals surface area contributed by atoms with Gasteiger partial charge in [-0.1, -0.05) is 0 Å². The predicted octanol–water partition coefficient (Wildman–Crippen LogP) is 1.30. The topological polar surface area (TPSA) is 43.7 Å². The Kier molecular flexibility index (Phi) is 5.05. The number of nitrogens with zero attached hydrogens (tertiary/aromatic N) is 1. The van der Waals surface area contributed by atoms with Crippen LogP contribution < -0.4 is 0 Å². The molecule has 1 heterocycles. The number of hydrogen-bond donors (Lipinski definition) is 2. The third-order valence-electron chi connectivity index (χ3n) is 1.79. The van der Waals surface area contributed by atoms with E-state index >= 15 is 0 Å². The lowest BCUT2D eigenvalue weighted by atomic mass is 10.3. The summed E-state index contributed by atoms with van der Waals surface area (Å²) in [7, 11) is 1.92. The van der Waals surface area contributed by atoms with E-state index in [9.17, 15) is 5.11 Å². The Morgan fingerprint density at radius 3 is 2.79 bits per heavy atom. The summed E-state index contributed by atoms with van der Waals surface area (Å²) in [6.45, 7) is 1.11. The number of hydrogen-bond acceptors (Lipinski definition) is 4. The SMILES string of the molecule is CN(Cc1ccc(Br)s1)CC(O)CO. The highest BCUT2D eigenvalue weighted by atomic mass is 79.9. The molecule has 0 spiro atoms. The summed E-state index contributed by atoms with van der Waals surface area (Å²) in [4.78, 5) is 3.23. The Morgan fingerprint density at radius 1 is 1.57 bits per heavy atom. The highest BCUT2D eigenvalue weighted by molar-refractivity contribution is 9.11. The number of aliphatic hydroxyl groups is 2. The zero-order valence-corrected chi connectivity index (χ0v) is 10.4. The number of halogens is 1. The van der Waals surface area contributed by atoms with E-state index in [0.29, 0.717) is 6.54 Å². The first-order valence-corrected chi connectivity index (χ1v) is 5.94. The van der Waals surface area contributed by atoms with Crippen LogP contribution in [0.15, 0.2) is 15.9 Å². The van der Waals surface area contributed by atoms with Crippen LogP contribution in [0.25, 0.3) is 0 Å². The van der Waals surface area contributed by atoms with Gasteiger partial charge in [0.25, 0.3) is 0 Å². The third kappa shape index (κ3) is 4.06. The summed E-state index contributed by atoms with van der Waals surface area (Å²) in [5, 5.41) is 17.9. The lowest BCUT2D eigenvalue weighted by molar-refractivity contribution is 0.0650. The minimum atomic E-state index is -0.650. The zero-order valence-electron chi connectivity index (χ0n) is 7.98. The quantitative estimate of drug-likeness (QED) is 0.854. The van der Waals surface area contributed by atoms with Gasteiger partial charge in [0.05, 0.1) is 16.5 Å². The molecule has 0 bridgehead atoms. The van der Waals surface area contributed by atoms with Crippen molar-refractivity contribution in [2.75, 3.05) is 20.2 Å². The van der Waals surface area contributed by atoms with E-state index < -0.39 is 6.10 Å². The molecule has 3 nitrogen and oxygen atoms in total. The fraction of sp³-hybridized carbons (Fsp3) is 0.556. The molecule has 0 aromatic carbocycles. The average Bonchev–Trinajstić information content (AvgIpc) is 2.50. The summed E-state index contributed by atoms with van der Waals surface area (Å²) < 4.78 is 1.11. The van der Waals surface area contributed by atoms with Crippen molar-refractivity contribution in [2.24, 2.45) is 0 Å². The number of thiophene rings is 1. The second-order valence-electron chi connectivity index (χ2n) is 3.24. The lowest BCUT2D eigenvalue weighted by Crippen LogP contribution is -2.30. The minimum Gasteiger partial charge on any atom is -0.394 e. The van der Waals surface area contributed by atoms with Crippen LogP contribution >= 0.6 is 27.3 Å². The van der Waals surface area contributed by atoms with E-state index in [1.165, 1.54) is 4.88 Å². The highest BCUT2D eigenvalue weighted by Gasteiger charge is 2.08. The van der Waals surface area contributed by atoms with E-state index in [0.717, 1.165) is 10.3 Å². The van der Waals surface area contributed by atoms with Crippen LogP contribution in [0, 0.1) is 0 Å². The van der Waals surface area contributed by atoms with Crippen molar-refractivity contribution >= 4 is 27.3 Å². The molecule has 1 aromatic rings. The molecular weight excluding hydrogens is 266 g/mol. The van der Waals surface area contributed by atoms with Gasteiger partial charge in [-0.2, -0.15) is 0 Å². The Morgan fingerprint density at radius 2 is 2.29 bits per heavy atom. The monoisotopic (exact) mass is 279 g/mol. The van der Waals surface area contributed by atoms with Crippen LogP contribution in [-0.2, 0) is 6.54 Å². The van der Waals surface area contributed by atoms with E-state index in [-0.39, 0.29) is 6.61 Å². The molecule has 0 saturated carbocycles. The minimum absolute atomic E-state index is 0.182. The average molecular weight is 280 g/mol. The maximum absolute atomic E-state index is 9.21. The molecule has 1 atom stereocenters. The Balaban J connectivity index is 2.37. The molecule has 0 radical (unpaired) electrons. The van der Waals surface area contributed by atoms with Crippen molar-refractivity contribution in [1.82, 2.24) is 4.90 Å². The van der Waals surface area contributed by atoms with Gasteiger partial charge in [0, 0.05) is 18.0 Å². The van der Waals surface area contributed by atoms with Crippen molar-refractivity contribution in [3.63, 3.8) is 0 Å². The van der Waals surface area contributed by atoms with Crippen molar-refractivity contribution in [3.8, 4) is 0 Å². The van der Waals surface area contributed by atoms with Crippen molar-refractivity contribution in [3.05, 3.63) is 20.8 Å². The van der Waals surface area contributed by atoms with Gasteiger partial charge in [0.15, 0.2) is 0 Å². The van der Waals surface area contributed by atoms with Gasteiger partial charge in [-0.25, -0.2) is 0 Å². The molecule has 2 N–H and O–H groups in total. The van der Waals surface area contributed by atoms with Gasteiger partial charge >= 0.3 is 0 Å². The maximum atomic E-state index is 9.21. The first kappa shape index (κ1) is 12.1. The normalized spacial score (nSPS) is 13.5. The van der Waals surface area contributed by atoms with Gasteiger partial charge in [0.1, 0.15) is 0 Å². The van der Waals surface area contributed by atoms with Crippen molar-refractivity contribution in [1.29, 1.82) is 0 Å². The number of aliphatic hydroxyl groups excluding tert-OH is 2. The summed E-state index contributed by atoms with van der Waals surface area (Å²) in [6, 6.07) is 4.06. The van der Waals surface area contributed by atoms with E-state index in [2.05, 4.69) is 22.0 Å². The largest absolute Gasteiger partial charge is 0.394 e. The van der Waals surface area contributed by atoms with Crippen LogP contribution in [0.1, 0.15) is 4.88 Å². The number of rotatable bonds is 5. The molecule has 5 heteroatoms. The molecule has 1 rings (SSSR count). The first-order valence-electron chi connectivity index (χ1n) is 4.33. The lowest BCUT2D eigenvalue weighted by Gasteiger charge is -2.18. The standard InChI is InChI=1S/C9H14BrNO2S/c1-11(4-7(13)6-12)5-8-2-3-9(10)14-8/h2-3,7,12-13H,4-6H2,1H3. The fourth-order valence-corrected chi connectivity index (χ4v) is 2.75. The number of likely N-dealkylation sites (N-methyl/N-ethyl adjacent to an activating group) is 1. The second kappa shape index (κ2) is 5.82. The molecule has 0 fully saturated rings. The van der Waals surface area contributed by atoms with E-state index in [1.54, 1.807) is 11.3 Å². The van der Waals surface area contributed by atoms with Crippen LogP contribution in [0.3, 0.4) is 0 Å². The molecule has 0 saturated heterocycles. The predicted molar refractivity (Wildman–Crippen MR) is 61.4 cm³/mol. The molecule has 1 unspecified atom stereocenters. The molecule has 14 heavy (non-hydrogen) atoms. The van der Waals surface area contributed by atoms with Crippen LogP contribution in [0.2, 0.25) is 0 Å². The van der Waals surface area contributed by atoms with Gasteiger partial charge in [-0.05, 0) is 35.1 Å². The molecule has 80 valence electrons. The molecule has 0 aliphatic carbocycles. The van der Waals surface area contributed by atoms with Gasteiger partial charge < -0.3 is 10.2 Å². The van der Waals surface area contributed by atoms with Crippen LogP contribution in [-0.4, -0.2) is 41.4 Å². The molecule has 1 aromatic heterocycles. The van der Waals surface area contributed by atoms with Gasteiger partial charge in [0.2, 0.25) is 0 Å². The van der Waals surface area contributed by atoms with E-state index in [1.807, 2.05) is 18.0 Å². The Hall–Kier alpha value is 0.0600. The molecule has 0 amide bonds. The van der Waals surface area contributed by atoms with E-state index in [4.69, 9.17) is 5.11 Å². The fourth-order valence-electron chi connectivity index (χ4n) is 1.18. The third-order valence-corrected chi connectivity index (χ3v) is 3.40. The molecular formula is C9H14BrNO2S. The van der Waals surface area contributed by atoms with Crippen LogP contribution in [0.5, 0.6) is 0 Å². The molecule has 0 aliphatic rings. The summed E-state index contributed by atoms with van der Waals surface area (Å²) in [6.07, 6.45) is -0.650. The first-order chi connectivity index (χ1) is 6.61. The van der Waals surface area contributed by atoms with Crippen LogP contribution in [0.4, 0.5) is 0 Å². The summed E-state index contributed by atoms with van der Waals surface area (Å²) >= 11 is 5.08. The van der Waals surface area contributed by atoms with Gasteiger partial charge in [-0.15, -0.1) is 11.3 Å². The summed E-state index contributed by atoms with van der Waals surface area (Å²) in [5.74, 6) is 0. The highest BCUT2D eigenvalue weighted by Crippen LogP contribution is 2.22.